The molecular weight excluding hydrogens is 1380 g/mol. The van der Waals surface area contributed by atoms with E-state index in [0.29, 0.717) is 26.4 Å². The van der Waals surface area contributed by atoms with Crippen LogP contribution in [-0.4, -0.2) is 56.5 Å². The summed E-state index contributed by atoms with van der Waals surface area (Å²) in [5, 5.41) is 4.24. The van der Waals surface area contributed by atoms with Crippen molar-refractivity contribution in [3.8, 4) is 87.0 Å². The number of alkyl halides is 4. The number of thiophene rings is 2. The second kappa shape index (κ2) is 26.9. The number of hydrogen-bond donors (Lipinski definition) is 0. The van der Waals surface area contributed by atoms with E-state index in [-0.39, 0.29) is 10.8 Å². The van der Waals surface area contributed by atoms with Gasteiger partial charge in [0, 0.05) is 32.2 Å². The zero-order chi connectivity index (χ0) is 57.0. The summed E-state index contributed by atoms with van der Waals surface area (Å²) in [6.45, 7) is 1.84. The monoisotopic (exact) mass is 1450 g/mol. The Kier molecular flexibility index (Phi) is 19.0. The van der Waals surface area contributed by atoms with Crippen molar-refractivity contribution in [2.45, 2.75) is 139 Å². The SMILES string of the molecule is BrCCCCCCC1(CCCCCCBr)c2ccccc2-c2ccc(-c3sc(-c4c5c(c(-c6sc(-c7ccc8c(c7)C(CCCCCCBr)(CCCCCCBr)c7ccccc7-8)c7c6OCCO7)c6nsnc46)N=S=N5)c4c3OCCO4)cc21. The lowest BCUT2D eigenvalue weighted by Crippen LogP contribution is -2.25. The number of halogens is 4. The molecule has 8 nitrogen and oxygen atoms in total. The van der Waals surface area contributed by atoms with E-state index in [2.05, 4.69) is 149 Å². The van der Waals surface area contributed by atoms with Crippen molar-refractivity contribution >= 4 is 132 Å². The van der Waals surface area contributed by atoms with Crippen molar-refractivity contribution in [3.63, 3.8) is 0 Å². The predicted octanol–water partition coefficient (Wildman–Crippen LogP) is 22.7. The highest BCUT2D eigenvalue weighted by molar-refractivity contribution is 9.09. The van der Waals surface area contributed by atoms with E-state index < -0.39 is 0 Å². The van der Waals surface area contributed by atoms with Crippen molar-refractivity contribution in [3.05, 3.63) is 107 Å². The Labute approximate surface area is 544 Å². The Morgan fingerprint density at radius 3 is 1.11 bits per heavy atom. The van der Waals surface area contributed by atoms with Crippen LogP contribution in [0.3, 0.4) is 0 Å². The second-order valence-electron chi connectivity index (χ2n) is 23.1. The fourth-order valence-electron chi connectivity index (χ4n) is 14.3. The number of aromatic nitrogens is 2. The van der Waals surface area contributed by atoms with Gasteiger partial charge in [0.25, 0.3) is 0 Å². The van der Waals surface area contributed by atoms with Gasteiger partial charge in [-0.1, -0.05) is 214 Å². The summed E-state index contributed by atoms with van der Waals surface area (Å²) in [5.74, 6) is 3.06. The van der Waals surface area contributed by atoms with Crippen molar-refractivity contribution in [2.75, 3.05) is 47.7 Å². The maximum Gasteiger partial charge on any atom is 0.180 e. The molecule has 13 rings (SSSR count). The van der Waals surface area contributed by atoms with Crippen LogP contribution in [0.15, 0.2) is 93.7 Å². The van der Waals surface area contributed by atoms with Gasteiger partial charge in [0.1, 0.15) is 48.8 Å². The molecule has 0 bridgehead atoms. The van der Waals surface area contributed by atoms with Gasteiger partial charge in [-0.15, -0.1) is 22.7 Å². The number of nitrogens with zero attached hydrogens (tertiary/aromatic N) is 4. The molecule has 0 N–H and O–H groups in total. The van der Waals surface area contributed by atoms with E-state index >= 15 is 0 Å². The summed E-state index contributed by atoms with van der Waals surface area (Å²) in [4.78, 5) is 4.01. The molecule has 2 aliphatic carbocycles. The van der Waals surface area contributed by atoms with Crippen LogP contribution in [-0.2, 0) is 22.2 Å². The fourth-order valence-corrected chi connectivity index (χ4v) is 19.5. The molecule has 8 aromatic rings. The Hall–Kier alpha value is -3.74. The molecule has 84 heavy (non-hydrogen) atoms. The topological polar surface area (TPSA) is 87.4 Å². The van der Waals surface area contributed by atoms with E-state index in [1.165, 1.54) is 170 Å². The van der Waals surface area contributed by atoms with Crippen LogP contribution in [0.2, 0.25) is 0 Å². The summed E-state index contributed by atoms with van der Waals surface area (Å²) >= 11 is 20.6. The minimum Gasteiger partial charge on any atom is -0.485 e. The van der Waals surface area contributed by atoms with E-state index in [0.717, 1.165) is 134 Å². The number of rotatable bonds is 28. The van der Waals surface area contributed by atoms with Gasteiger partial charge in [0.2, 0.25) is 0 Å². The number of hydrogen-bond acceptors (Lipinski definition) is 11. The number of ether oxygens (including phenoxy) is 4. The molecule has 0 spiro atoms. The van der Waals surface area contributed by atoms with Crippen LogP contribution in [0.4, 0.5) is 11.4 Å². The summed E-state index contributed by atoms with van der Waals surface area (Å²) in [6.07, 6.45) is 24.1. The van der Waals surface area contributed by atoms with Gasteiger partial charge < -0.3 is 18.9 Å². The first-order valence-electron chi connectivity index (χ1n) is 30.5. The van der Waals surface area contributed by atoms with Crippen LogP contribution in [0.5, 0.6) is 23.0 Å². The van der Waals surface area contributed by atoms with Crippen LogP contribution in [0, 0.1) is 0 Å². The molecule has 5 aromatic carbocycles. The molecule has 0 radical (unpaired) electrons. The molecule has 16 heteroatoms. The third kappa shape index (κ3) is 11.0. The quantitative estimate of drug-likeness (QED) is 0.0359. The highest BCUT2D eigenvalue weighted by atomic mass is 79.9. The highest BCUT2D eigenvalue weighted by Crippen LogP contribution is 2.65. The third-order valence-electron chi connectivity index (χ3n) is 18.2. The van der Waals surface area contributed by atoms with E-state index in [9.17, 15) is 0 Å². The Morgan fingerprint density at radius 1 is 0.381 bits per heavy atom. The average Bonchev–Trinajstić information content (AvgIpc) is 4.01. The molecule has 0 amide bonds. The van der Waals surface area contributed by atoms with Gasteiger partial charge in [-0.05, 0) is 119 Å². The zero-order valence-electron chi connectivity index (χ0n) is 47.4. The number of fused-ring (bicyclic) bond motifs is 10. The number of benzene rings is 5. The van der Waals surface area contributed by atoms with Crippen LogP contribution >= 0.6 is 98.1 Å². The largest absolute Gasteiger partial charge is 0.485 e. The molecule has 0 saturated heterocycles. The summed E-state index contributed by atoms with van der Waals surface area (Å²) in [6, 6.07) is 32.9. The molecule has 3 aliphatic heterocycles. The molecular formula is C68H70Br4N4O4S4. The van der Waals surface area contributed by atoms with Crippen LogP contribution in [0.1, 0.15) is 151 Å². The van der Waals surface area contributed by atoms with E-state index in [4.69, 9.17) is 36.4 Å². The van der Waals surface area contributed by atoms with Gasteiger partial charge in [-0.3, -0.25) is 0 Å². The maximum absolute atomic E-state index is 6.75. The van der Waals surface area contributed by atoms with Gasteiger partial charge in [0.15, 0.2) is 23.0 Å². The molecule has 5 aliphatic rings. The van der Waals surface area contributed by atoms with Crippen molar-refractivity contribution in [1.29, 1.82) is 0 Å². The lowest BCUT2D eigenvalue weighted by Gasteiger charge is -2.33. The normalized spacial score (nSPS) is 15.3. The minimum atomic E-state index is -0.0692. The third-order valence-corrected chi connectivity index (χ3v) is 23.9. The molecule has 0 atom stereocenters. The molecule has 0 unspecified atom stereocenters. The van der Waals surface area contributed by atoms with Gasteiger partial charge in [-0.2, -0.15) is 17.5 Å². The molecule has 3 aromatic heterocycles. The van der Waals surface area contributed by atoms with Crippen LogP contribution in [0.25, 0.3) is 75.0 Å². The Bertz CT molecular complexity index is 3510. The summed E-state index contributed by atoms with van der Waals surface area (Å²) < 4.78 is 47.6. The van der Waals surface area contributed by atoms with Gasteiger partial charge >= 0.3 is 0 Å². The van der Waals surface area contributed by atoms with Crippen molar-refractivity contribution in [1.82, 2.24) is 8.75 Å². The second-order valence-corrected chi connectivity index (χ2v) is 29.4. The number of unbranched alkanes of at least 4 members (excludes halogenated alkanes) is 12. The minimum absolute atomic E-state index is 0.0692. The van der Waals surface area contributed by atoms with E-state index in [1.807, 2.05) is 0 Å². The lowest BCUT2D eigenvalue weighted by molar-refractivity contribution is 0.175. The average molecular weight is 1460 g/mol. The van der Waals surface area contributed by atoms with Crippen molar-refractivity contribution in [2.24, 2.45) is 8.73 Å². The molecule has 6 heterocycles. The first kappa shape index (κ1) is 59.2. The summed E-state index contributed by atoms with van der Waals surface area (Å²) in [7, 11) is 0. The summed E-state index contributed by atoms with van der Waals surface area (Å²) in [5.41, 5.74) is 18.4. The Balaban J connectivity index is 0.906. The first-order chi connectivity index (χ1) is 41.5. The maximum atomic E-state index is 6.75. The standard InChI is InChI=1S/C68H70Br4N4O4S4/c69-33-17-5-1-13-29-67(30-14-2-6-18-34-70)49-23-11-9-21-45(49)47-27-25-43(41-51(47)67)63-59-61(79-39-37-77-59)65(81-63)53-55-57(75-83-73-55)54(58-56(53)74-84-76-58)66-62-60(78-38-40-80-62)64(82-66)44-26-28-48-46-22-10-12-24-50(46)68(52(48)42-44,31-15-3-7-19-35-71)32-16-4-8-20-36-72/h9-12,21-28,41-42H,1-8,13-20,29-40H2. The first-order valence-corrected chi connectivity index (χ1v) is 38.1. The van der Waals surface area contributed by atoms with E-state index in [1.54, 1.807) is 22.7 Å². The zero-order valence-corrected chi connectivity index (χ0v) is 57.1. The van der Waals surface area contributed by atoms with Crippen LogP contribution < -0.4 is 18.9 Å². The van der Waals surface area contributed by atoms with Gasteiger partial charge in [0.05, 0.1) is 53.7 Å². The smallest absolute Gasteiger partial charge is 0.180 e. The van der Waals surface area contributed by atoms with Crippen molar-refractivity contribution < 1.29 is 18.9 Å². The lowest BCUT2D eigenvalue weighted by atomic mass is 9.70. The van der Waals surface area contributed by atoms with Gasteiger partial charge in [-0.25, -0.2) is 0 Å². The predicted molar refractivity (Wildman–Crippen MR) is 368 cm³/mol. The molecule has 438 valence electrons. The highest BCUT2D eigenvalue weighted by Gasteiger charge is 2.45. The fraction of sp³-hybridized carbons (Fsp3) is 0.441. The molecule has 0 saturated carbocycles. The Morgan fingerprint density at radius 2 is 0.726 bits per heavy atom. The molecule has 0 fully saturated rings.